The Morgan fingerprint density at radius 2 is 1.80 bits per heavy atom. The molecule has 0 atom stereocenters. The summed E-state index contributed by atoms with van der Waals surface area (Å²) in [6.07, 6.45) is 3.64. The number of aromatic carboxylic acids is 1. The Labute approximate surface area is 250 Å². The van der Waals surface area contributed by atoms with E-state index in [9.17, 15) is 9.90 Å². The molecule has 1 aliphatic carbocycles. The number of hydrogen-bond donors (Lipinski definition) is 2. The van der Waals surface area contributed by atoms with Crippen molar-refractivity contribution in [1.29, 1.82) is 0 Å². The molecule has 1 aliphatic heterocycles. The van der Waals surface area contributed by atoms with E-state index in [2.05, 4.69) is 15.0 Å². The zero-order valence-electron chi connectivity index (χ0n) is 21.7. The van der Waals surface area contributed by atoms with E-state index in [0.717, 1.165) is 48.5 Å². The van der Waals surface area contributed by atoms with Crippen LogP contribution in [-0.2, 0) is 6.61 Å². The number of fused-ring (bicyclic) bond motifs is 1. The maximum Gasteiger partial charge on any atom is 0.337 e. The second kappa shape index (κ2) is 10.3. The van der Waals surface area contributed by atoms with Gasteiger partial charge in [0.1, 0.15) is 23.8 Å². The maximum absolute atomic E-state index is 11.4. The van der Waals surface area contributed by atoms with Gasteiger partial charge in [-0.25, -0.2) is 4.79 Å². The van der Waals surface area contributed by atoms with Crippen LogP contribution < -0.4 is 9.64 Å². The van der Waals surface area contributed by atoms with Gasteiger partial charge in [0.05, 0.1) is 31.9 Å². The lowest BCUT2D eigenvalue weighted by atomic mass is 9.90. The van der Waals surface area contributed by atoms with Crippen molar-refractivity contribution in [2.75, 3.05) is 18.0 Å². The normalized spacial score (nSPS) is 15.3. The molecule has 0 bridgehead atoms. The van der Waals surface area contributed by atoms with Crippen molar-refractivity contribution in [2.45, 2.75) is 31.3 Å². The predicted octanol–water partition coefficient (Wildman–Crippen LogP) is 8.54. The van der Waals surface area contributed by atoms with Crippen LogP contribution in [0.25, 0.3) is 22.2 Å². The lowest BCUT2D eigenvalue weighted by molar-refractivity contribution is 0.0699. The van der Waals surface area contributed by atoms with Gasteiger partial charge in [-0.3, -0.25) is 0 Å². The van der Waals surface area contributed by atoms with Gasteiger partial charge in [0, 0.05) is 53.7 Å². The second-order valence-corrected chi connectivity index (χ2v) is 11.8. The number of carboxylic acids is 1. The molecule has 0 unspecified atom stereocenters. The fraction of sp³-hybridized carbons (Fsp3) is 0.226. The third-order valence-electron chi connectivity index (χ3n) is 7.90. The highest BCUT2D eigenvalue weighted by molar-refractivity contribution is 6.39. The molecule has 2 N–H and O–H groups in total. The fourth-order valence-corrected chi connectivity index (χ4v) is 6.36. The minimum absolute atomic E-state index is 0.249. The van der Waals surface area contributed by atoms with Crippen LogP contribution in [0.1, 0.15) is 51.9 Å². The van der Waals surface area contributed by atoms with E-state index in [1.807, 2.05) is 36.4 Å². The summed E-state index contributed by atoms with van der Waals surface area (Å²) in [4.78, 5) is 16.7. The molecule has 41 heavy (non-hydrogen) atoms. The Bertz CT molecular complexity index is 1780. The highest BCUT2D eigenvalue weighted by Crippen LogP contribution is 2.46. The molecule has 7 nitrogen and oxygen atoms in total. The van der Waals surface area contributed by atoms with Gasteiger partial charge in [-0.1, -0.05) is 58.2 Å². The van der Waals surface area contributed by atoms with Crippen LogP contribution >= 0.6 is 34.8 Å². The SMILES string of the molecule is O=C(O)c1c[nH]c2cc(C3CN(c4ccc(OCc5c(-c6c(Cl)cccc6Cl)noc5C5CC5)cc4Cl)C3)ccc12. The van der Waals surface area contributed by atoms with Crippen molar-refractivity contribution in [2.24, 2.45) is 0 Å². The first kappa shape index (κ1) is 26.3. The van der Waals surface area contributed by atoms with E-state index in [0.29, 0.717) is 49.3 Å². The number of carbonyl (C=O) groups is 1. The van der Waals surface area contributed by atoms with Crippen molar-refractivity contribution < 1.29 is 19.2 Å². The van der Waals surface area contributed by atoms with Gasteiger partial charge >= 0.3 is 5.97 Å². The molecule has 2 aromatic heterocycles. The summed E-state index contributed by atoms with van der Waals surface area (Å²) in [5.41, 5.74) is 5.32. The Morgan fingerprint density at radius 1 is 1.02 bits per heavy atom. The van der Waals surface area contributed by atoms with Gasteiger partial charge in [-0.2, -0.15) is 0 Å². The first-order chi connectivity index (χ1) is 19.9. The quantitative estimate of drug-likeness (QED) is 0.183. The maximum atomic E-state index is 11.4. The van der Waals surface area contributed by atoms with E-state index in [1.54, 1.807) is 18.2 Å². The molecule has 7 rings (SSSR count). The summed E-state index contributed by atoms with van der Waals surface area (Å²) in [6.45, 7) is 1.87. The van der Waals surface area contributed by atoms with E-state index < -0.39 is 5.97 Å². The molecular formula is C31H24Cl3N3O4. The number of H-pyrrole nitrogens is 1. The molecule has 1 saturated heterocycles. The Kier molecular flexibility index (Phi) is 6.61. The van der Waals surface area contributed by atoms with Crippen molar-refractivity contribution >= 4 is 57.4 Å². The zero-order chi connectivity index (χ0) is 28.2. The smallest absolute Gasteiger partial charge is 0.337 e. The number of aromatic amines is 1. The minimum atomic E-state index is -0.934. The van der Waals surface area contributed by atoms with Crippen LogP contribution in [0.5, 0.6) is 5.75 Å². The van der Waals surface area contributed by atoms with Crippen LogP contribution in [0.15, 0.2) is 65.3 Å². The number of aromatic nitrogens is 2. The van der Waals surface area contributed by atoms with Crippen molar-refractivity contribution in [3.8, 4) is 17.0 Å². The largest absolute Gasteiger partial charge is 0.489 e. The lowest BCUT2D eigenvalue weighted by Gasteiger charge is -2.42. The molecule has 0 amide bonds. The average molecular weight is 609 g/mol. The highest BCUT2D eigenvalue weighted by atomic mass is 35.5. The second-order valence-electron chi connectivity index (χ2n) is 10.6. The molecule has 1 saturated carbocycles. The first-order valence-corrected chi connectivity index (χ1v) is 14.4. The Balaban J connectivity index is 1.05. The number of anilines is 1. The topological polar surface area (TPSA) is 91.6 Å². The Morgan fingerprint density at radius 3 is 2.51 bits per heavy atom. The molecule has 3 aromatic carbocycles. The van der Waals surface area contributed by atoms with E-state index in [-0.39, 0.29) is 12.2 Å². The van der Waals surface area contributed by atoms with Gasteiger partial charge in [0.25, 0.3) is 0 Å². The number of ether oxygens (including phenoxy) is 1. The van der Waals surface area contributed by atoms with E-state index in [1.165, 1.54) is 11.8 Å². The minimum Gasteiger partial charge on any atom is -0.489 e. The number of rotatable bonds is 8. The number of nitrogens with zero attached hydrogens (tertiary/aromatic N) is 2. The molecule has 10 heteroatoms. The van der Waals surface area contributed by atoms with Crippen LogP contribution in [0.4, 0.5) is 5.69 Å². The third-order valence-corrected chi connectivity index (χ3v) is 8.83. The third kappa shape index (κ3) is 4.82. The van der Waals surface area contributed by atoms with Gasteiger partial charge in [0.2, 0.25) is 0 Å². The first-order valence-electron chi connectivity index (χ1n) is 13.3. The summed E-state index contributed by atoms with van der Waals surface area (Å²) in [7, 11) is 0. The summed E-state index contributed by atoms with van der Waals surface area (Å²) >= 11 is 19.7. The molecule has 5 aromatic rings. The molecule has 2 fully saturated rings. The molecule has 3 heterocycles. The molecular weight excluding hydrogens is 585 g/mol. The summed E-state index contributed by atoms with van der Waals surface area (Å²) in [5.74, 6) is 1.19. The van der Waals surface area contributed by atoms with Gasteiger partial charge in [-0.15, -0.1) is 0 Å². The molecule has 208 valence electrons. The highest BCUT2D eigenvalue weighted by Gasteiger charge is 2.34. The van der Waals surface area contributed by atoms with Gasteiger partial charge in [-0.05, 0) is 48.7 Å². The molecule has 2 aliphatic rings. The van der Waals surface area contributed by atoms with Crippen molar-refractivity contribution in [3.63, 3.8) is 0 Å². The molecule has 0 spiro atoms. The Hall–Kier alpha value is -3.65. The number of benzene rings is 3. The molecule has 0 radical (unpaired) electrons. The van der Waals surface area contributed by atoms with Crippen LogP contribution in [0.2, 0.25) is 15.1 Å². The van der Waals surface area contributed by atoms with E-state index in [4.69, 9.17) is 44.1 Å². The van der Waals surface area contributed by atoms with Crippen LogP contribution in [0, 0.1) is 0 Å². The predicted molar refractivity (Wildman–Crippen MR) is 160 cm³/mol. The number of hydrogen-bond acceptors (Lipinski definition) is 5. The van der Waals surface area contributed by atoms with Crippen molar-refractivity contribution in [1.82, 2.24) is 10.1 Å². The lowest BCUT2D eigenvalue weighted by Crippen LogP contribution is -2.45. The van der Waals surface area contributed by atoms with Gasteiger partial charge < -0.3 is 24.3 Å². The van der Waals surface area contributed by atoms with Crippen molar-refractivity contribution in [3.05, 3.63) is 98.3 Å². The fourth-order valence-electron chi connectivity index (χ4n) is 5.50. The van der Waals surface area contributed by atoms with Gasteiger partial charge in [0.15, 0.2) is 0 Å². The summed E-state index contributed by atoms with van der Waals surface area (Å²) < 4.78 is 11.9. The van der Waals surface area contributed by atoms with Crippen LogP contribution in [0.3, 0.4) is 0 Å². The summed E-state index contributed by atoms with van der Waals surface area (Å²) in [5, 5.41) is 16.0. The average Bonchev–Trinajstić information content (AvgIpc) is 3.54. The number of halogens is 3. The van der Waals surface area contributed by atoms with E-state index >= 15 is 0 Å². The summed E-state index contributed by atoms with van der Waals surface area (Å²) in [6, 6.07) is 17.0. The monoisotopic (exact) mass is 607 g/mol. The number of nitrogens with one attached hydrogen (secondary N) is 1. The standard InChI is InChI=1S/C31H24Cl3N3O4/c32-23-2-1-3-24(33)28(23)29-22(30(41-36-29)16-4-5-16)15-40-19-7-9-27(25(34)11-19)37-13-18(14-37)17-6-8-20-21(31(38)39)12-35-26(20)10-17/h1-3,6-12,16,18,35H,4-5,13-15H2,(H,38,39). The number of carboxylic acid groups (broad SMARTS) is 1. The zero-order valence-corrected chi connectivity index (χ0v) is 23.9. The van der Waals surface area contributed by atoms with Crippen LogP contribution in [-0.4, -0.2) is 34.3 Å².